The number of anilines is 2. The summed E-state index contributed by atoms with van der Waals surface area (Å²) in [6, 6.07) is 9.15. The van der Waals surface area contributed by atoms with E-state index in [4.69, 9.17) is 10.4 Å². The SMILES string of the molecule is N#Cc1ccccc1Nc1nc(CC(=O)O)cs1. The van der Waals surface area contributed by atoms with Gasteiger partial charge in [-0.15, -0.1) is 11.3 Å². The van der Waals surface area contributed by atoms with Crippen LogP contribution in [0.2, 0.25) is 0 Å². The lowest BCUT2D eigenvalue weighted by Gasteiger charge is -2.03. The highest BCUT2D eigenvalue weighted by Crippen LogP contribution is 2.23. The second-order valence-electron chi connectivity index (χ2n) is 3.50. The molecule has 0 aliphatic heterocycles. The molecule has 0 aliphatic rings. The summed E-state index contributed by atoms with van der Waals surface area (Å²) in [5.74, 6) is -0.913. The first-order chi connectivity index (χ1) is 8.69. The Balaban J connectivity index is 2.17. The second kappa shape index (κ2) is 5.29. The minimum atomic E-state index is -0.913. The Morgan fingerprint density at radius 2 is 2.28 bits per heavy atom. The summed E-state index contributed by atoms with van der Waals surface area (Å²) < 4.78 is 0. The van der Waals surface area contributed by atoms with E-state index in [1.54, 1.807) is 23.6 Å². The number of rotatable bonds is 4. The number of benzene rings is 1. The summed E-state index contributed by atoms with van der Waals surface area (Å²) in [5.41, 5.74) is 1.69. The molecule has 1 aromatic heterocycles. The van der Waals surface area contributed by atoms with Gasteiger partial charge in [-0.3, -0.25) is 4.79 Å². The van der Waals surface area contributed by atoms with Crippen molar-refractivity contribution in [3.05, 3.63) is 40.9 Å². The van der Waals surface area contributed by atoms with E-state index in [1.165, 1.54) is 11.3 Å². The predicted molar refractivity (Wildman–Crippen MR) is 67.9 cm³/mol. The molecular weight excluding hydrogens is 250 g/mol. The van der Waals surface area contributed by atoms with E-state index in [0.29, 0.717) is 22.1 Å². The normalized spacial score (nSPS) is 9.72. The van der Waals surface area contributed by atoms with E-state index in [1.807, 2.05) is 6.07 Å². The van der Waals surface area contributed by atoms with Crippen molar-refractivity contribution in [1.82, 2.24) is 4.98 Å². The molecule has 0 radical (unpaired) electrons. The van der Waals surface area contributed by atoms with Crippen molar-refractivity contribution in [1.29, 1.82) is 5.26 Å². The second-order valence-corrected chi connectivity index (χ2v) is 4.36. The lowest BCUT2D eigenvalue weighted by atomic mass is 10.2. The number of nitrogens with one attached hydrogen (secondary N) is 1. The molecule has 0 amide bonds. The Bertz CT molecular complexity index is 616. The average molecular weight is 259 g/mol. The number of hydrogen-bond donors (Lipinski definition) is 2. The van der Waals surface area contributed by atoms with E-state index < -0.39 is 5.97 Å². The summed E-state index contributed by atoms with van der Waals surface area (Å²) in [5, 5.41) is 22.9. The van der Waals surface area contributed by atoms with E-state index in [0.717, 1.165) is 0 Å². The van der Waals surface area contributed by atoms with E-state index in [2.05, 4.69) is 16.4 Å². The fraction of sp³-hybridized carbons (Fsp3) is 0.0833. The fourth-order valence-electron chi connectivity index (χ4n) is 1.41. The van der Waals surface area contributed by atoms with Crippen LogP contribution in [0.5, 0.6) is 0 Å². The Hall–Kier alpha value is -2.39. The maximum absolute atomic E-state index is 10.5. The largest absolute Gasteiger partial charge is 0.481 e. The number of hydrogen-bond acceptors (Lipinski definition) is 5. The highest BCUT2D eigenvalue weighted by molar-refractivity contribution is 7.13. The van der Waals surface area contributed by atoms with Crippen molar-refractivity contribution in [2.75, 3.05) is 5.32 Å². The highest BCUT2D eigenvalue weighted by atomic mass is 32.1. The molecular formula is C12H9N3O2S. The lowest BCUT2D eigenvalue weighted by Crippen LogP contribution is -2.00. The average Bonchev–Trinajstić information content (AvgIpc) is 2.76. The number of para-hydroxylation sites is 1. The van der Waals surface area contributed by atoms with Crippen molar-refractivity contribution < 1.29 is 9.90 Å². The molecule has 0 atom stereocenters. The quantitative estimate of drug-likeness (QED) is 0.880. The zero-order valence-electron chi connectivity index (χ0n) is 9.25. The van der Waals surface area contributed by atoms with Gasteiger partial charge in [0.1, 0.15) is 6.07 Å². The number of carboxylic acids is 1. The van der Waals surface area contributed by atoms with Crippen LogP contribution in [0, 0.1) is 11.3 Å². The maximum atomic E-state index is 10.5. The Morgan fingerprint density at radius 1 is 1.50 bits per heavy atom. The Morgan fingerprint density at radius 3 is 3.00 bits per heavy atom. The molecule has 5 nitrogen and oxygen atoms in total. The molecule has 0 saturated carbocycles. The number of aliphatic carboxylic acids is 1. The number of nitrogens with zero attached hydrogens (tertiary/aromatic N) is 2. The van der Waals surface area contributed by atoms with Gasteiger partial charge in [-0.2, -0.15) is 5.26 Å². The molecule has 2 aromatic rings. The van der Waals surface area contributed by atoms with Gasteiger partial charge in [0.25, 0.3) is 0 Å². The standard InChI is InChI=1S/C12H9N3O2S/c13-6-8-3-1-2-4-10(8)15-12-14-9(7-18-12)5-11(16)17/h1-4,7H,5H2,(H,14,15)(H,16,17). The molecule has 0 fully saturated rings. The first kappa shape index (κ1) is 12.1. The molecule has 0 saturated heterocycles. The smallest absolute Gasteiger partial charge is 0.309 e. The number of nitriles is 1. The number of thiazole rings is 1. The molecule has 90 valence electrons. The molecule has 0 aliphatic carbocycles. The summed E-state index contributed by atoms with van der Waals surface area (Å²) in [7, 11) is 0. The van der Waals surface area contributed by atoms with Crippen molar-refractivity contribution in [2.24, 2.45) is 0 Å². The van der Waals surface area contributed by atoms with Gasteiger partial charge in [0.15, 0.2) is 5.13 Å². The number of carbonyl (C=O) groups is 1. The Kier molecular flexibility index (Phi) is 3.55. The summed E-state index contributed by atoms with van der Waals surface area (Å²) in [6.07, 6.45) is -0.0991. The minimum Gasteiger partial charge on any atom is -0.481 e. The topological polar surface area (TPSA) is 86.0 Å². The van der Waals surface area contributed by atoms with Gasteiger partial charge in [0, 0.05) is 5.38 Å². The van der Waals surface area contributed by atoms with Gasteiger partial charge in [0.2, 0.25) is 0 Å². The molecule has 18 heavy (non-hydrogen) atoms. The fourth-order valence-corrected chi connectivity index (χ4v) is 2.13. The van der Waals surface area contributed by atoms with Gasteiger partial charge in [0.05, 0.1) is 23.4 Å². The molecule has 1 aromatic carbocycles. The van der Waals surface area contributed by atoms with Crippen LogP contribution < -0.4 is 5.32 Å². The summed E-state index contributed by atoms with van der Waals surface area (Å²) in [4.78, 5) is 14.7. The third-order valence-corrected chi connectivity index (χ3v) is 2.98. The highest BCUT2D eigenvalue weighted by Gasteiger charge is 2.07. The zero-order chi connectivity index (χ0) is 13.0. The molecule has 0 bridgehead atoms. The molecule has 2 N–H and O–H groups in total. The molecule has 1 heterocycles. The van der Waals surface area contributed by atoms with Crippen molar-refractivity contribution >= 4 is 28.1 Å². The minimum absolute atomic E-state index is 0.0991. The summed E-state index contributed by atoms with van der Waals surface area (Å²) in [6.45, 7) is 0. The van der Waals surface area contributed by atoms with Gasteiger partial charge in [-0.25, -0.2) is 4.98 Å². The maximum Gasteiger partial charge on any atom is 0.309 e. The van der Waals surface area contributed by atoms with Crippen LogP contribution in [0.3, 0.4) is 0 Å². The van der Waals surface area contributed by atoms with E-state index in [9.17, 15) is 4.79 Å². The first-order valence-electron chi connectivity index (χ1n) is 5.11. The third-order valence-electron chi connectivity index (χ3n) is 2.17. The number of carboxylic acid groups (broad SMARTS) is 1. The molecule has 0 spiro atoms. The van der Waals surface area contributed by atoms with Crippen LogP contribution >= 0.6 is 11.3 Å². The Labute approximate surface area is 107 Å². The van der Waals surface area contributed by atoms with Crippen LogP contribution in [0.15, 0.2) is 29.6 Å². The van der Waals surface area contributed by atoms with Gasteiger partial charge >= 0.3 is 5.97 Å². The summed E-state index contributed by atoms with van der Waals surface area (Å²) >= 11 is 1.31. The molecule has 6 heteroatoms. The third kappa shape index (κ3) is 2.84. The van der Waals surface area contributed by atoms with Crippen LogP contribution in [0.1, 0.15) is 11.3 Å². The van der Waals surface area contributed by atoms with Crippen LogP contribution in [-0.4, -0.2) is 16.1 Å². The molecule has 2 rings (SSSR count). The van der Waals surface area contributed by atoms with Crippen molar-refractivity contribution in [3.8, 4) is 6.07 Å². The number of aromatic nitrogens is 1. The van der Waals surface area contributed by atoms with Crippen molar-refractivity contribution in [2.45, 2.75) is 6.42 Å². The lowest BCUT2D eigenvalue weighted by molar-refractivity contribution is -0.136. The monoisotopic (exact) mass is 259 g/mol. The van der Waals surface area contributed by atoms with Crippen LogP contribution in [0.25, 0.3) is 0 Å². The van der Waals surface area contributed by atoms with Gasteiger partial charge in [-0.1, -0.05) is 12.1 Å². The van der Waals surface area contributed by atoms with Crippen LogP contribution in [0.4, 0.5) is 10.8 Å². The van der Waals surface area contributed by atoms with Gasteiger partial charge in [-0.05, 0) is 12.1 Å². The van der Waals surface area contributed by atoms with Crippen molar-refractivity contribution in [3.63, 3.8) is 0 Å². The van der Waals surface area contributed by atoms with Gasteiger partial charge < -0.3 is 10.4 Å². The van der Waals surface area contributed by atoms with Crippen LogP contribution in [-0.2, 0) is 11.2 Å². The van der Waals surface area contributed by atoms with E-state index in [-0.39, 0.29) is 6.42 Å². The molecule has 0 unspecified atom stereocenters. The zero-order valence-corrected chi connectivity index (χ0v) is 10.1. The predicted octanol–water partition coefficient (Wildman–Crippen LogP) is 2.39. The first-order valence-corrected chi connectivity index (χ1v) is 5.99. The van der Waals surface area contributed by atoms with E-state index >= 15 is 0 Å².